The minimum atomic E-state index is -0.625. The lowest BCUT2D eigenvalue weighted by molar-refractivity contribution is 0.0165. The highest BCUT2D eigenvalue weighted by Crippen LogP contribution is 2.33. The first-order valence-corrected chi connectivity index (χ1v) is 13.4. The topological polar surface area (TPSA) is 115 Å². The van der Waals surface area contributed by atoms with Gasteiger partial charge in [0.05, 0.1) is 30.0 Å². The molecule has 0 N–H and O–H groups in total. The van der Waals surface area contributed by atoms with Gasteiger partial charge in [-0.3, -0.25) is 4.68 Å². The molecule has 1 amide bonds. The number of nitrogens with zero attached hydrogens (tertiary/aromatic N) is 6. The molecule has 40 heavy (non-hydrogen) atoms. The summed E-state index contributed by atoms with van der Waals surface area (Å²) in [6.07, 6.45) is 2.73. The molecule has 2 aromatic carbocycles. The average molecular weight is 541 g/mol. The number of fused-ring (bicyclic) bond motifs is 1. The maximum Gasteiger partial charge on any atom is 0.410 e. The summed E-state index contributed by atoms with van der Waals surface area (Å²) in [7, 11) is 0. The summed E-state index contributed by atoms with van der Waals surface area (Å²) in [5.74, 6) is -0.620. The molecule has 1 saturated heterocycles. The van der Waals surface area contributed by atoms with Crippen LogP contribution in [0.3, 0.4) is 0 Å². The zero-order chi connectivity index (χ0) is 28.4. The lowest BCUT2D eigenvalue weighted by Crippen LogP contribution is -2.44. The highest BCUT2D eigenvalue weighted by atomic mass is 16.6. The molecule has 0 spiro atoms. The van der Waals surface area contributed by atoms with E-state index in [2.05, 4.69) is 11.2 Å². The van der Waals surface area contributed by atoms with E-state index < -0.39 is 17.7 Å². The summed E-state index contributed by atoms with van der Waals surface area (Å²) >= 11 is 0. The lowest BCUT2D eigenvalue weighted by atomic mass is 10.0. The van der Waals surface area contributed by atoms with Crippen LogP contribution in [0.15, 0.2) is 54.7 Å². The van der Waals surface area contributed by atoms with Crippen LogP contribution in [0.25, 0.3) is 27.8 Å². The van der Waals surface area contributed by atoms with E-state index in [1.165, 1.54) is 0 Å². The number of amides is 1. The van der Waals surface area contributed by atoms with E-state index in [1.807, 2.05) is 74.0 Å². The van der Waals surface area contributed by atoms with E-state index in [-0.39, 0.29) is 23.9 Å². The second-order valence-electron chi connectivity index (χ2n) is 10.7. The number of carbonyl (C=O) groups is 2. The Morgan fingerprint density at radius 2 is 1.93 bits per heavy atom. The van der Waals surface area contributed by atoms with Crippen LogP contribution in [0.4, 0.5) is 4.79 Å². The third kappa shape index (κ3) is 5.27. The fraction of sp³-hybridized carbons (Fsp3) is 0.367. The van der Waals surface area contributed by atoms with Gasteiger partial charge in [-0.15, -0.1) is 0 Å². The minimum absolute atomic E-state index is 0.0930. The molecule has 1 aliphatic heterocycles. The van der Waals surface area contributed by atoms with Crippen molar-refractivity contribution in [1.82, 2.24) is 24.5 Å². The number of ether oxygens (including phenoxy) is 2. The Bertz CT molecular complexity index is 1590. The van der Waals surface area contributed by atoms with E-state index >= 15 is 0 Å². The Kier molecular flexibility index (Phi) is 7.30. The highest BCUT2D eigenvalue weighted by molar-refractivity contribution is 5.94. The second-order valence-corrected chi connectivity index (χ2v) is 10.7. The molecule has 0 radical (unpaired) electrons. The first kappa shape index (κ1) is 26.9. The second kappa shape index (κ2) is 10.8. The summed E-state index contributed by atoms with van der Waals surface area (Å²) in [5.41, 5.74) is 2.51. The van der Waals surface area contributed by atoms with Crippen molar-refractivity contribution in [3.8, 4) is 23.0 Å². The largest absolute Gasteiger partial charge is 0.461 e. The molecule has 10 heteroatoms. The number of esters is 1. The third-order valence-electron chi connectivity index (χ3n) is 6.73. The zero-order valence-electron chi connectivity index (χ0n) is 23.1. The van der Waals surface area contributed by atoms with E-state index in [4.69, 9.17) is 14.6 Å². The Balaban J connectivity index is 1.55. The number of carbonyl (C=O) groups excluding carboxylic acids is 2. The number of para-hydroxylation sites is 1. The quantitative estimate of drug-likeness (QED) is 0.307. The molecule has 4 aromatic rings. The molecular weight excluding hydrogens is 508 g/mol. The van der Waals surface area contributed by atoms with E-state index in [0.717, 1.165) is 16.6 Å². The highest BCUT2D eigenvalue weighted by Gasteiger charge is 2.34. The van der Waals surface area contributed by atoms with Crippen molar-refractivity contribution in [3.05, 3.63) is 66.0 Å². The van der Waals surface area contributed by atoms with Crippen LogP contribution in [0.2, 0.25) is 0 Å². The van der Waals surface area contributed by atoms with Gasteiger partial charge in [-0.05, 0) is 64.8 Å². The van der Waals surface area contributed by atoms with Gasteiger partial charge in [0, 0.05) is 24.0 Å². The van der Waals surface area contributed by atoms with E-state index in [0.29, 0.717) is 37.2 Å². The summed E-state index contributed by atoms with van der Waals surface area (Å²) < 4.78 is 14.3. The molecule has 206 valence electrons. The number of likely N-dealkylation sites (tertiary alicyclic amines) is 1. The standard InChI is InChI=1S/C30H32N6O4/c1-5-39-28(37)27-24(17-31)26(33-36(27)23-12-9-15-34(19-23)29(38)40-30(2,3)4)20-13-14-25-21(16-20)18-32-35(25)22-10-7-6-8-11-22/h6-8,10-11,13-14,16,18,23H,5,9,12,15,19H2,1-4H3. The molecule has 0 bridgehead atoms. The number of benzene rings is 2. The fourth-order valence-corrected chi connectivity index (χ4v) is 5.00. The average Bonchev–Trinajstić information content (AvgIpc) is 3.54. The molecule has 0 saturated carbocycles. The number of aromatic nitrogens is 4. The van der Waals surface area contributed by atoms with Crippen molar-refractivity contribution in [2.75, 3.05) is 19.7 Å². The van der Waals surface area contributed by atoms with Crippen molar-refractivity contribution in [2.24, 2.45) is 0 Å². The maximum atomic E-state index is 13.2. The van der Waals surface area contributed by atoms with Crippen LogP contribution in [0.1, 0.15) is 62.6 Å². The van der Waals surface area contributed by atoms with Gasteiger partial charge in [0.2, 0.25) is 0 Å². The molecule has 5 rings (SSSR count). The molecule has 1 atom stereocenters. The molecule has 1 unspecified atom stereocenters. The summed E-state index contributed by atoms with van der Waals surface area (Å²) in [6.45, 7) is 8.19. The molecule has 1 aliphatic rings. The van der Waals surface area contributed by atoms with Gasteiger partial charge in [-0.2, -0.15) is 15.5 Å². The number of nitriles is 1. The number of piperidine rings is 1. The molecule has 3 heterocycles. The molecule has 1 fully saturated rings. The van der Waals surface area contributed by atoms with Crippen molar-refractivity contribution in [1.29, 1.82) is 5.26 Å². The maximum absolute atomic E-state index is 13.2. The van der Waals surface area contributed by atoms with Crippen LogP contribution in [0.5, 0.6) is 0 Å². The minimum Gasteiger partial charge on any atom is -0.461 e. The van der Waals surface area contributed by atoms with Gasteiger partial charge in [0.15, 0.2) is 5.69 Å². The van der Waals surface area contributed by atoms with Gasteiger partial charge in [-0.25, -0.2) is 14.3 Å². The zero-order valence-corrected chi connectivity index (χ0v) is 23.1. The van der Waals surface area contributed by atoms with Gasteiger partial charge >= 0.3 is 12.1 Å². The SMILES string of the molecule is CCOC(=O)c1c(C#N)c(-c2ccc3c(cnn3-c3ccccc3)c2)nn1C1CCCN(C(=O)OC(C)(C)C)C1. The van der Waals surface area contributed by atoms with Crippen LogP contribution in [-0.2, 0) is 9.47 Å². The molecular formula is C30H32N6O4. The van der Waals surface area contributed by atoms with Gasteiger partial charge in [0.25, 0.3) is 0 Å². The van der Waals surface area contributed by atoms with Gasteiger partial charge in [0.1, 0.15) is 22.9 Å². The first-order valence-electron chi connectivity index (χ1n) is 13.4. The Hall–Kier alpha value is -4.65. The predicted octanol–water partition coefficient (Wildman–Crippen LogP) is 5.51. The van der Waals surface area contributed by atoms with Crippen LogP contribution in [-0.4, -0.2) is 61.8 Å². The van der Waals surface area contributed by atoms with Crippen molar-refractivity contribution < 1.29 is 19.1 Å². The van der Waals surface area contributed by atoms with E-state index in [9.17, 15) is 14.9 Å². The van der Waals surface area contributed by atoms with Crippen LogP contribution >= 0.6 is 0 Å². The summed E-state index contributed by atoms with van der Waals surface area (Å²) in [6, 6.07) is 17.4. The van der Waals surface area contributed by atoms with Crippen molar-refractivity contribution in [2.45, 2.75) is 52.2 Å². The first-order chi connectivity index (χ1) is 19.2. The Morgan fingerprint density at radius 1 is 1.15 bits per heavy atom. The molecule has 0 aliphatic carbocycles. The Morgan fingerprint density at radius 3 is 2.62 bits per heavy atom. The monoisotopic (exact) mass is 540 g/mol. The number of hydrogen-bond donors (Lipinski definition) is 0. The number of hydrogen-bond acceptors (Lipinski definition) is 7. The summed E-state index contributed by atoms with van der Waals surface area (Å²) in [4.78, 5) is 27.6. The number of rotatable bonds is 5. The summed E-state index contributed by atoms with van der Waals surface area (Å²) in [5, 5.41) is 20.4. The lowest BCUT2D eigenvalue weighted by Gasteiger charge is -2.34. The van der Waals surface area contributed by atoms with Crippen molar-refractivity contribution >= 4 is 23.0 Å². The van der Waals surface area contributed by atoms with Crippen LogP contribution in [0, 0.1) is 11.3 Å². The third-order valence-corrected chi connectivity index (χ3v) is 6.73. The smallest absolute Gasteiger partial charge is 0.410 e. The van der Waals surface area contributed by atoms with E-state index in [1.54, 1.807) is 22.7 Å². The fourth-order valence-electron chi connectivity index (χ4n) is 5.00. The van der Waals surface area contributed by atoms with Gasteiger partial charge in [-0.1, -0.05) is 24.3 Å². The Labute approximate surface area is 232 Å². The predicted molar refractivity (Wildman–Crippen MR) is 149 cm³/mol. The van der Waals surface area contributed by atoms with Crippen molar-refractivity contribution in [3.63, 3.8) is 0 Å². The normalized spacial score (nSPS) is 15.6. The molecule has 2 aromatic heterocycles. The van der Waals surface area contributed by atoms with Gasteiger partial charge < -0.3 is 14.4 Å². The molecule has 10 nitrogen and oxygen atoms in total. The van der Waals surface area contributed by atoms with Crippen LogP contribution < -0.4 is 0 Å².